The molecule has 100 valence electrons. The van der Waals surface area contributed by atoms with Crippen LogP contribution in [0, 0.1) is 0 Å². The van der Waals surface area contributed by atoms with Gasteiger partial charge < -0.3 is 5.11 Å². The van der Waals surface area contributed by atoms with E-state index in [1.165, 1.54) is 30.5 Å². The number of aromatic hydroxyl groups is 1. The molecule has 8 heteroatoms. The summed E-state index contributed by atoms with van der Waals surface area (Å²) in [4.78, 5) is 15.6. The number of phenols is 1. The maximum Gasteiger partial charge on any atom is 0.257 e. The zero-order chi connectivity index (χ0) is 14.0. The molecule has 1 amide bonds. The first-order valence-electron chi connectivity index (χ1n) is 5.12. The van der Waals surface area contributed by atoms with Crippen LogP contribution in [0.25, 0.3) is 0 Å². The Morgan fingerprint density at radius 2 is 2.16 bits per heavy atom. The fourth-order valence-electron chi connectivity index (χ4n) is 1.30. The Labute approximate surface area is 113 Å². The van der Waals surface area contributed by atoms with Gasteiger partial charge in [-0.05, 0) is 18.2 Å². The van der Waals surface area contributed by atoms with Gasteiger partial charge in [-0.15, -0.1) is 0 Å². The fraction of sp³-hybridized carbons (Fsp3) is 0.0909. The summed E-state index contributed by atoms with van der Waals surface area (Å²) in [7, 11) is -3.32. The molecule has 0 aliphatic carbocycles. The average molecular weight is 298 g/mol. The Morgan fingerprint density at radius 3 is 2.74 bits per heavy atom. The Bertz CT molecular complexity index is 722. The fourth-order valence-corrected chi connectivity index (χ4v) is 2.94. The van der Waals surface area contributed by atoms with Crippen LogP contribution in [0.2, 0.25) is 0 Å². The number of sulfone groups is 1. The van der Waals surface area contributed by atoms with Crippen molar-refractivity contribution in [3.63, 3.8) is 0 Å². The summed E-state index contributed by atoms with van der Waals surface area (Å²) in [6.07, 6.45) is 2.26. The number of hydrogen-bond acceptors (Lipinski definition) is 6. The van der Waals surface area contributed by atoms with Crippen LogP contribution in [0.4, 0.5) is 5.13 Å². The van der Waals surface area contributed by atoms with Gasteiger partial charge >= 0.3 is 0 Å². The van der Waals surface area contributed by atoms with Crippen molar-refractivity contribution < 1.29 is 18.3 Å². The van der Waals surface area contributed by atoms with Crippen molar-refractivity contribution in [2.45, 2.75) is 4.21 Å². The van der Waals surface area contributed by atoms with Crippen molar-refractivity contribution in [1.29, 1.82) is 0 Å². The minimum absolute atomic E-state index is 0.0244. The number of nitrogens with one attached hydrogen (secondary N) is 1. The number of nitrogens with zero attached hydrogens (tertiary/aromatic N) is 1. The van der Waals surface area contributed by atoms with Crippen LogP contribution in [-0.2, 0) is 9.84 Å². The topological polar surface area (TPSA) is 96.4 Å². The summed E-state index contributed by atoms with van der Waals surface area (Å²) < 4.78 is 22.6. The molecule has 0 unspecified atom stereocenters. The van der Waals surface area contributed by atoms with E-state index in [-0.39, 0.29) is 20.7 Å². The third-order valence-corrected chi connectivity index (χ3v) is 4.88. The van der Waals surface area contributed by atoms with Gasteiger partial charge in [-0.3, -0.25) is 10.1 Å². The Hall–Kier alpha value is -1.93. The van der Waals surface area contributed by atoms with Crippen LogP contribution < -0.4 is 5.32 Å². The summed E-state index contributed by atoms with van der Waals surface area (Å²) in [5, 5.41) is 11.9. The minimum Gasteiger partial charge on any atom is -0.508 e. The van der Waals surface area contributed by atoms with E-state index in [0.29, 0.717) is 0 Å². The van der Waals surface area contributed by atoms with E-state index >= 15 is 0 Å². The molecule has 0 radical (unpaired) electrons. The number of carbonyl (C=O) groups excluding carboxylic acids is 1. The van der Waals surface area contributed by atoms with E-state index in [0.717, 1.165) is 17.6 Å². The molecule has 0 aliphatic heterocycles. The summed E-state index contributed by atoms with van der Waals surface area (Å²) in [5.41, 5.74) is 0.260. The van der Waals surface area contributed by atoms with Gasteiger partial charge in [0.1, 0.15) is 9.96 Å². The highest BCUT2D eigenvalue weighted by molar-refractivity contribution is 7.92. The van der Waals surface area contributed by atoms with E-state index in [1.54, 1.807) is 0 Å². The quantitative estimate of drug-likeness (QED) is 0.895. The lowest BCUT2D eigenvalue weighted by Gasteiger charge is -2.01. The standard InChI is InChI=1S/C11H10N2O4S2/c1-19(16,17)9-6-12-11(18-9)13-10(15)7-3-2-4-8(14)5-7/h2-6,14H,1H3,(H,12,13,15). The SMILES string of the molecule is CS(=O)(=O)c1cnc(NC(=O)c2cccc(O)c2)s1. The van der Waals surface area contributed by atoms with Crippen molar-refractivity contribution in [1.82, 2.24) is 4.98 Å². The van der Waals surface area contributed by atoms with Crippen molar-refractivity contribution in [3.05, 3.63) is 36.0 Å². The van der Waals surface area contributed by atoms with E-state index in [2.05, 4.69) is 10.3 Å². The zero-order valence-electron chi connectivity index (χ0n) is 9.82. The van der Waals surface area contributed by atoms with Gasteiger partial charge in [0.15, 0.2) is 15.0 Å². The van der Waals surface area contributed by atoms with Gasteiger partial charge in [0.05, 0.1) is 6.20 Å². The molecule has 0 saturated heterocycles. The van der Waals surface area contributed by atoms with E-state index in [9.17, 15) is 18.3 Å². The molecule has 0 bridgehead atoms. The molecule has 2 rings (SSSR count). The van der Waals surface area contributed by atoms with Gasteiger partial charge in [0.2, 0.25) is 0 Å². The zero-order valence-corrected chi connectivity index (χ0v) is 11.5. The number of amides is 1. The predicted molar refractivity (Wildman–Crippen MR) is 71.3 cm³/mol. The van der Waals surface area contributed by atoms with Crippen molar-refractivity contribution in [2.24, 2.45) is 0 Å². The predicted octanol–water partition coefficient (Wildman–Crippen LogP) is 1.50. The van der Waals surface area contributed by atoms with Gasteiger partial charge in [-0.2, -0.15) is 0 Å². The van der Waals surface area contributed by atoms with Crippen molar-refractivity contribution >= 4 is 32.2 Å². The Morgan fingerprint density at radius 1 is 1.42 bits per heavy atom. The second-order valence-corrected chi connectivity index (χ2v) is 7.03. The molecule has 0 aliphatic rings. The molecule has 2 N–H and O–H groups in total. The summed E-state index contributed by atoms with van der Waals surface area (Å²) in [5.74, 6) is -0.492. The third-order valence-electron chi connectivity index (χ3n) is 2.18. The molecule has 1 aromatic carbocycles. The number of hydrogen-bond donors (Lipinski definition) is 2. The maximum absolute atomic E-state index is 11.8. The molecule has 2 aromatic rings. The van der Waals surface area contributed by atoms with Crippen LogP contribution in [0.1, 0.15) is 10.4 Å². The van der Waals surface area contributed by atoms with Crippen LogP contribution in [0.5, 0.6) is 5.75 Å². The number of aromatic nitrogens is 1. The highest BCUT2D eigenvalue weighted by Gasteiger charge is 2.14. The van der Waals surface area contributed by atoms with Crippen molar-refractivity contribution in [3.8, 4) is 5.75 Å². The maximum atomic E-state index is 11.8. The molecule has 0 spiro atoms. The first-order chi connectivity index (χ1) is 8.86. The number of anilines is 1. The molecule has 1 aromatic heterocycles. The van der Waals surface area contributed by atoms with Crippen LogP contribution in [0.3, 0.4) is 0 Å². The van der Waals surface area contributed by atoms with Gasteiger partial charge in [0.25, 0.3) is 5.91 Å². The molecule has 0 saturated carbocycles. The van der Waals surface area contributed by atoms with Crippen LogP contribution in [0.15, 0.2) is 34.7 Å². The number of carbonyl (C=O) groups is 1. The Balaban J connectivity index is 2.18. The summed E-state index contributed by atoms with van der Waals surface area (Å²) in [6, 6.07) is 5.82. The van der Waals surface area contributed by atoms with Gasteiger partial charge in [-0.25, -0.2) is 13.4 Å². The third kappa shape index (κ3) is 3.30. The second kappa shape index (κ2) is 4.98. The monoisotopic (exact) mass is 298 g/mol. The van der Waals surface area contributed by atoms with Crippen molar-refractivity contribution in [2.75, 3.05) is 11.6 Å². The lowest BCUT2D eigenvalue weighted by molar-refractivity contribution is 0.102. The minimum atomic E-state index is -3.32. The number of rotatable bonds is 3. The smallest absolute Gasteiger partial charge is 0.257 e. The molecule has 6 nitrogen and oxygen atoms in total. The Kier molecular flexibility index (Phi) is 3.54. The highest BCUT2D eigenvalue weighted by atomic mass is 32.2. The number of phenolic OH excluding ortho intramolecular Hbond substituents is 1. The molecule has 1 heterocycles. The molecular weight excluding hydrogens is 288 g/mol. The molecule has 0 atom stereocenters. The molecular formula is C11H10N2O4S2. The van der Waals surface area contributed by atoms with Crippen LogP contribution in [-0.4, -0.2) is 30.7 Å². The van der Waals surface area contributed by atoms with Gasteiger partial charge in [0, 0.05) is 11.8 Å². The summed E-state index contributed by atoms with van der Waals surface area (Å²) in [6.45, 7) is 0. The lowest BCUT2D eigenvalue weighted by atomic mass is 10.2. The van der Waals surface area contributed by atoms with E-state index < -0.39 is 15.7 Å². The van der Waals surface area contributed by atoms with Gasteiger partial charge in [-0.1, -0.05) is 17.4 Å². The first kappa shape index (κ1) is 13.5. The van der Waals surface area contributed by atoms with Crippen LogP contribution >= 0.6 is 11.3 Å². The number of benzene rings is 1. The molecule has 0 fully saturated rings. The largest absolute Gasteiger partial charge is 0.508 e. The molecule has 19 heavy (non-hydrogen) atoms. The average Bonchev–Trinajstić information content (AvgIpc) is 2.77. The number of thiazole rings is 1. The second-order valence-electron chi connectivity index (χ2n) is 3.76. The summed E-state index contributed by atoms with van der Waals surface area (Å²) >= 11 is 0.873. The van der Waals surface area contributed by atoms with E-state index in [4.69, 9.17) is 0 Å². The first-order valence-corrected chi connectivity index (χ1v) is 7.83. The lowest BCUT2D eigenvalue weighted by Crippen LogP contribution is -2.11. The van der Waals surface area contributed by atoms with E-state index in [1.807, 2.05) is 0 Å². The normalized spacial score (nSPS) is 11.2. The highest BCUT2D eigenvalue weighted by Crippen LogP contribution is 2.23.